The molecule has 1 atom stereocenters. The van der Waals surface area contributed by atoms with Crippen molar-refractivity contribution in [3.63, 3.8) is 0 Å². The Hall–Kier alpha value is -0.870. The maximum absolute atomic E-state index is 11.7. The molecule has 0 spiro atoms. The average molecular weight is 213 g/mol. The lowest BCUT2D eigenvalue weighted by Crippen LogP contribution is -2.06. The van der Waals surface area contributed by atoms with E-state index in [0.29, 0.717) is 18.0 Å². The molecule has 0 amide bonds. The zero-order valence-corrected chi connectivity index (χ0v) is 9.26. The van der Waals surface area contributed by atoms with Crippen LogP contribution in [0.1, 0.15) is 5.56 Å². The van der Waals surface area contributed by atoms with Gasteiger partial charge >= 0.3 is 0 Å². The highest BCUT2D eigenvalue weighted by Gasteiger charge is 2.06. The van der Waals surface area contributed by atoms with Gasteiger partial charge in [0.2, 0.25) is 0 Å². The molecule has 0 fully saturated rings. The quantitative estimate of drug-likeness (QED) is 0.768. The number of anilines is 1. The smallest absolute Gasteiger partial charge is 0.0581 e. The Kier molecular flexibility index (Phi) is 4.10. The van der Waals surface area contributed by atoms with Gasteiger partial charge in [0.1, 0.15) is 0 Å². The van der Waals surface area contributed by atoms with Crippen molar-refractivity contribution in [1.29, 1.82) is 0 Å². The van der Waals surface area contributed by atoms with E-state index >= 15 is 0 Å². The molecule has 2 N–H and O–H groups in total. The Labute approximate surface area is 86.7 Å². The molecule has 1 aromatic rings. The predicted octanol–water partition coefficient (Wildman–Crippen LogP) is 1.33. The summed E-state index contributed by atoms with van der Waals surface area (Å²) >= 11 is 0. The van der Waals surface area contributed by atoms with Crippen molar-refractivity contribution < 1.29 is 8.95 Å². The summed E-state index contributed by atoms with van der Waals surface area (Å²) in [5, 5.41) is 0. The zero-order valence-electron chi connectivity index (χ0n) is 8.45. The Morgan fingerprint density at radius 3 is 2.79 bits per heavy atom. The predicted molar refractivity (Wildman–Crippen MR) is 58.7 cm³/mol. The van der Waals surface area contributed by atoms with Crippen LogP contribution in [0.4, 0.5) is 5.69 Å². The first-order valence-electron chi connectivity index (χ1n) is 4.38. The van der Waals surface area contributed by atoms with Gasteiger partial charge in [-0.3, -0.25) is 4.21 Å². The minimum absolute atomic E-state index is 0.510. The van der Waals surface area contributed by atoms with Gasteiger partial charge in [0, 0.05) is 17.7 Å². The summed E-state index contributed by atoms with van der Waals surface area (Å²) < 4.78 is 16.6. The second-order valence-electron chi connectivity index (χ2n) is 3.07. The lowest BCUT2D eigenvalue weighted by molar-refractivity contribution is 0.218. The normalized spacial score (nSPS) is 12.7. The van der Waals surface area contributed by atoms with Gasteiger partial charge < -0.3 is 10.5 Å². The lowest BCUT2D eigenvalue weighted by atomic mass is 10.2. The van der Waals surface area contributed by atoms with Crippen LogP contribution in [-0.2, 0) is 15.5 Å². The SMILES string of the molecule is COCCS(=O)c1ccc(N)cc1C. The van der Waals surface area contributed by atoms with E-state index in [4.69, 9.17) is 10.5 Å². The zero-order chi connectivity index (χ0) is 10.6. The summed E-state index contributed by atoms with van der Waals surface area (Å²) in [7, 11) is 0.621. The van der Waals surface area contributed by atoms with Crippen molar-refractivity contribution in [3.05, 3.63) is 23.8 Å². The van der Waals surface area contributed by atoms with Crippen LogP contribution in [0.15, 0.2) is 23.1 Å². The number of benzene rings is 1. The molecule has 1 aromatic carbocycles. The Bertz CT molecular complexity index is 339. The third-order valence-corrected chi connectivity index (χ3v) is 3.40. The molecule has 3 nitrogen and oxygen atoms in total. The van der Waals surface area contributed by atoms with E-state index in [1.54, 1.807) is 13.2 Å². The van der Waals surface area contributed by atoms with Crippen molar-refractivity contribution in [2.75, 3.05) is 25.2 Å². The van der Waals surface area contributed by atoms with Gasteiger partial charge in [-0.05, 0) is 30.7 Å². The van der Waals surface area contributed by atoms with Gasteiger partial charge in [-0.1, -0.05) is 0 Å². The Balaban J connectivity index is 2.80. The van der Waals surface area contributed by atoms with E-state index in [9.17, 15) is 4.21 Å². The van der Waals surface area contributed by atoms with E-state index in [2.05, 4.69) is 0 Å². The highest BCUT2D eigenvalue weighted by Crippen LogP contribution is 2.16. The van der Waals surface area contributed by atoms with Crippen LogP contribution in [0, 0.1) is 6.92 Å². The summed E-state index contributed by atoms with van der Waals surface area (Å²) in [6.07, 6.45) is 0. The van der Waals surface area contributed by atoms with Gasteiger partial charge in [-0.15, -0.1) is 0 Å². The van der Waals surface area contributed by atoms with Crippen molar-refractivity contribution >= 4 is 16.5 Å². The molecule has 14 heavy (non-hydrogen) atoms. The van der Waals surface area contributed by atoms with Crippen molar-refractivity contribution in [2.24, 2.45) is 0 Å². The molecule has 0 bridgehead atoms. The summed E-state index contributed by atoms with van der Waals surface area (Å²) in [5.74, 6) is 0.529. The molecule has 1 rings (SSSR count). The van der Waals surface area contributed by atoms with Crippen LogP contribution in [0.2, 0.25) is 0 Å². The van der Waals surface area contributed by atoms with E-state index in [-0.39, 0.29) is 0 Å². The highest BCUT2D eigenvalue weighted by atomic mass is 32.2. The third-order valence-electron chi connectivity index (χ3n) is 1.92. The van der Waals surface area contributed by atoms with E-state index in [1.165, 1.54) is 0 Å². The molecule has 0 saturated heterocycles. The van der Waals surface area contributed by atoms with Gasteiger partial charge in [0.05, 0.1) is 23.2 Å². The number of ether oxygens (including phenoxy) is 1. The number of hydrogen-bond donors (Lipinski definition) is 1. The minimum atomic E-state index is -0.984. The van der Waals surface area contributed by atoms with Crippen LogP contribution in [0.25, 0.3) is 0 Å². The van der Waals surface area contributed by atoms with Gasteiger partial charge in [-0.2, -0.15) is 0 Å². The Morgan fingerprint density at radius 1 is 1.50 bits per heavy atom. The topological polar surface area (TPSA) is 52.3 Å². The number of nitrogen functional groups attached to an aromatic ring is 1. The first-order chi connectivity index (χ1) is 6.65. The van der Waals surface area contributed by atoms with Crippen molar-refractivity contribution in [1.82, 2.24) is 0 Å². The molecule has 78 valence electrons. The molecule has 0 aliphatic heterocycles. The Morgan fingerprint density at radius 2 is 2.21 bits per heavy atom. The molecule has 0 aliphatic carbocycles. The lowest BCUT2D eigenvalue weighted by Gasteiger charge is -2.06. The van der Waals surface area contributed by atoms with Crippen LogP contribution < -0.4 is 5.73 Å². The molecule has 0 saturated carbocycles. The fourth-order valence-corrected chi connectivity index (χ4v) is 2.37. The molecular weight excluding hydrogens is 198 g/mol. The molecule has 0 aromatic heterocycles. The van der Waals surface area contributed by atoms with Gasteiger partial charge in [0.15, 0.2) is 0 Å². The molecule has 0 heterocycles. The monoisotopic (exact) mass is 213 g/mol. The summed E-state index contributed by atoms with van der Waals surface area (Å²) in [6, 6.07) is 5.42. The maximum atomic E-state index is 11.7. The molecular formula is C10H15NO2S. The van der Waals surface area contributed by atoms with Crippen molar-refractivity contribution in [2.45, 2.75) is 11.8 Å². The van der Waals surface area contributed by atoms with Crippen molar-refractivity contribution in [3.8, 4) is 0 Å². The van der Waals surface area contributed by atoms with E-state index in [1.807, 2.05) is 19.1 Å². The fourth-order valence-electron chi connectivity index (χ4n) is 1.20. The molecule has 0 aliphatic rings. The molecule has 0 radical (unpaired) electrons. The average Bonchev–Trinajstić information content (AvgIpc) is 2.14. The largest absolute Gasteiger partial charge is 0.399 e. The summed E-state index contributed by atoms with van der Waals surface area (Å²) in [6.45, 7) is 2.42. The summed E-state index contributed by atoms with van der Waals surface area (Å²) in [4.78, 5) is 0.844. The third kappa shape index (κ3) is 2.82. The molecule has 1 unspecified atom stereocenters. The number of hydrogen-bond acceptors (Lipinski definition) is 3. The van der Waals surface area contributed by atoms with Gasteiger partial charge in [-0.25, -0.2) is 0 Å². The standard InChI is InChI=1S/C10H15NO2S/c1-8-7-9(11)3-4-10(8)14(12)6-5-13-2/h3-4,7H,5-6,11H2,1-2H3. The second-order valence-corrected chi connectivity index (χ2v) is 4.61. The van der Waals surface area contributed by atoms with Crippen LogP contribution >= 0.6 is 0 Å². The first kappa shape index (κ1) is 11.2. The second kappa shape index (κ2) is 5.12. The molecule has 4 heteroatoms. The van der Waals surface area contributed by atoms with Crippen LogP contribution in [0.3, 0.4) is 0 Å². The van der Waals surface area contributed by atoms with E-state index < -0.39 is 10.8 Å². The van der Waals surface area contributed by atoms with E-state index in [0.717, 1.165) is 10.5 Å². The van der Waals surface area contributed by atoms with Crippen LogP contribution in [0.5, 0.6) is 0 Å². The first-order valence-corrected chi connectivity index (χ1v) is 5.70. The fraction of sp³-hybridized carbons (Fsp3) is 0.400. The maximum Gasteiger partial charge on any atom is 0.0581 e. The highest BCUT2D eigenvalue weighted by molar-refractivity contribution is 7.85. The number of methoxy groups -OCH3 is 1. The number of nitrogens with two attached hydrogens (primary N) is 1. The number of rotatable bonds is 4. The minimum Gasteiger partial charge on any atom is -0.399 e. The summed E-state index contributed by atoms with van der Waals surface area (Å²) in [5.41, 5.74) is 7.28. The van der Waals surface area contributed by atoms with Gasteiger partial charge in [0.25, 0.3) is 0 Å². The number of aryl methyl sites for hydroxylation is 1. The van der Waals surface area contributed by atoms with Crippen LogP contribution in [-0.4, -0.2) is 23.7 Å².